The van der Waals surface area contributed by atoms with E-state index in [0.717, 1.165) is 22.5 Å². The van der Waals surface area contributed by atoms with E-state index >= 15 is 0 Å². The number of anilines is 1. The van der Waals surface area contributed by atoms with Gasteiger partial charge in [0.25, 0.3) is 0 Å². The number of pyridine rings is 1. The Morgan fingerprint density at radius 2 is 2.25 bits per heavy atom. The molecular weight excluding hydrogens is 286 g/mol. The number of aromatic nitrogens is 1. The first-order valence-corrected chi connectivity index (χ1v) is 6.25. The van der Waals surface area contributed by atoms with Gasteiger partial charge in [0, 0.05) is 24.0 Å². The Morgan fingerprint density at radius 3 is 2.75 bits per heavy atom. The second kappa shape index (κ2) is 5.59. The molecule has 5 heteroatoms. The molecular formula is C11H16BrN3S. The number of hydrogen-bond acceptors (Lipinski definition) is 3. The molecule has 0 aliphatic rings. The normalized spacial score (nSPS) is 12.2. The van der Waals surface area contributed by atoms with E-state index < -0.39 is 0 Å². The van der Waals surface area contributed by atoms with E-state index in [4.69, 9.17) is 18.0 Å². The van der Waals surface area contributed by atoms with Crippen LogP contribution in [0.25, 0.3) is 0 Å². The van der Waals surface area contributed by atoms with Crippen molar-refractivity contribution in [3.8, 4) is 0 Å². The average molecular weight is 302 g/mol. The van der Waals surface area contributed by atoms with Gasteiger partial charge >= 0.3 is 0 Å². The molecule has 0 aromatic carbocycles. The van der Waals surface area contributed by atoms with Gasteiger partial charge < -0.3 is 10.6 Å². The van der Waals surface area contributed by atoms with Gasteiger partial charge in [0.1, 0.15) is 5.82 Å². The van der Waals surface area contributed by atoms with E-state index in [1.807, 2.05) is 33.0 Å². The fraction of sp³-hybridized carbons (Fsp3) is 0.455. The molecule has 1 aromatic rings. The van der Waals surface area contributed by atoms with Gasteiger partial charge in [-0.25, -0.2) is 4.98 Å². The lowest BCUT2D eigenvalue weighted by molar-refractivity contribution is 0.734. The van der Waals surface area contributed by atoms with Crippen molar-refractivity contribution in [2.45, 2.75) is 13.8 Å². The molecule has 0 amide bonds. The fourth-order valence-corrected chi connectivity index (χ4v) is 1.63. The summed E-state index contributed by atoms with van der Waals surface area (Å²) >= 11 is 8.39. The number of hydrogen-bond donors (Lipinski definition) is 1. The summed E-state index contributed by atoms with van der Waals surface area (Å²) in [5.74, 6) is 1.12. The van der Waals surface area contributed by atoms with Crippen LogP contribution in [0, 0.1) is 12.8 Å². The van der Waals surface area contributed by atoms with Crippen molar-refractivity contribution in [2.75, 3.05) is 18.5 Å². The van der Waals surface area contributed by atoms with E-state index in [9.17, 15) is 0 Å². The molecule has 0 aliphatic heterocycles. The van der Waals surface area contributed by atoms with Crippen LogP contribution < -0.4 is 10.6 Å². The summed E-state index contributed by atoms with van der Waals surface area (Å²) in [4.78, 5) is 7.08. The van der Waals surface area contributed by atoms with Crippen molar-refractivity contribution >= 4 is 39.0 Å². The highest BCUT2D eigenvalue weighted by atomic mass is 79.9. The summed E-state index contributed by atoms with van der Waals surface area (Å²) in [6, 6.07) is 3.98. The lowest BCUT2D eigenvalue weighted by Crippen LogP contribution is -2.31. The molecule has 0 saturated carbocycles. The summed E-state index contributed by atoms with van der Waals surface area (Å²) in [5.41, 5.74) is 6.57. The van der Waals surface area contributed by atoms with Crippen molar-refractivity contribution < 1.29 is 0 Å². The number of halogens is 1. The van der Waals surface area contributed by atoms with Gasteiger partial charge in [0.2, 0.25) is 0 Å². The zero-order chi connectivity index (χ0) is 12.3. The summed E-state index contributed by atoms with van der Waals surface area (Å²) in [6.07, 6.45) is 0. The molecule has 1 unspecified atom stereocenters. The standard InChI is InChI=1S/C11H16BrN3S/c1-7(11(13)16)6-15(3)10-5-4-9(12)8(2)14-10/h4-5,7H,6H2,1-3H3,(H2,13,16). The van der Waals surface area contributed by atoms with Crippen molar-refractivity contribution in [3.63, 3.8) is 0 Å². The third kappa shape index (κ3) is 3.42. The van der Waals surface area contributed by atoms with E-state index in [2.05, 4.69) is 25.8 Å². The van der Waals surface area contributed by atoms with Gasteiger partial charge in [-0.3, -0.25) is 0 Å². The van der Waals surface area contributed by atoms with E-state index in [1.165, 1.54) is 0 Å². The van der Waals surface area contributed by atoms with Gasteiger partial charge in [-0.2, -0.15) is 0 Å². The highest BCUT2D eigenvalue weighted by Gasteiger charge is 2.11. The van der Waals surface area contributed by atoms with Crippen LogP contribution in [-0.2, 0) is 0 Å². The predicted octanol–water partition coefficient (Wildman–Crippen LogP) is 2.51. The quantitative estimate of drug-likeness (QED) is 0.868. The number of nitrogens with two attached hydrogens (primary N) is 1. The Balaban J connectivity index is 2.76. The molecule has 1 aromatic heterocycles. The Morgan fingerprint density at radius 1 is 1.62 bits per heavy atom. The third-order valence-electron chi connectivity index (χ3n) is 2.43. The molecule has 2 N–H and O–H groups in total. The minimum atomic E-state index is 0.186. The second-order valence-corrected chi connectivity index (χ2v) is 5.25. The molecule has 3 nitrogen and oxygen atoms in total. The number of rotatable bonds is 4. The fourth-order valence-electron chi connectivity index (χ4n) is 1.34. The summed E-state index contributed by atoms with van der Waals surface area (Å²) < 4.78 is 1.02. The number of aryl methyl sites for hydroxylation is 1. The molecule has 0 spiro atoms. The predicted molar refractivity (Wildman–Crippen MR) is 75.9 cm³/mol. The van der Waals surface area contributed by atoms with Crippen molar-refractivity contribution in [1.82, 2.24) is 4.98 Å². The van der Waals surface area contributed by atoms with E-state index in [-0.39, 0.29) is 5.92 Å². The van der Waals surface area contributed by atoms with Crippen molar-refractivity contribution in [2.24, 2.45) is 11.7 Å². The van der Waals surface area contributed by atoms with Crippen molar-refractivity contribution in [3.05, 3.63) is 22.3 Å². The maximum absolute atomic E-state index is 5.59. The topological polar surface area (TPSA) is 42.2 Å². The van der Waals surface area contributed by atoms with Crippen LogP contribution in [0.2, 0.25) is 0 Å². The van der Waals surface area contributed by atoms with Gasteiger partial charge in [-0.05, 0) is 35.0 Å². The van der Waals surface area contributed by atoms with Crippen LogP contribution in [-0.4, -0.2) is 23.6 Å². The van der Waals surface area contributed by atoms with E-state index in [1.54, 1.807) is 0 Å². The number of nitrogens with zero attached hydrogens (tertiary/aromatic N) is 2. The van der Waals surface area contributed by atoms with Gasteiger partial charge in [-0.15, -0.1) is 0 Å². The monoisotopic (exact) mass is 301 g/mol. The van der Waals surface area contributed by atoms with Crippen LogP contribution in [0.1, 0.15) is 12.6 Å². The van der Waals surface area contributed by atoms with Crippen LogP contribution in [0.3, 0.4) is 0 Å². The first kappa shape index (κ1) is 13.4. The van der Waals surface area contributed by atoms with Crippen molar-refractivity contribution in [1.29, 1.82) is 0 Å². The van der Waals surface area contributed by atoms with E-state index in [0.29, 0.717) is 4.99 Å². The zero-order valence-corrected chi connectivity index (χ0v) is 12.1. The Kier molecular flexibility index (Phi) is 4.68. The first-order chi connectivity index (χ1) is 7.41. The average Bonchev–Trinajstić information content (AvgIpc) is 2.21. The minimum absolute atomic E-state index is 0.186. The highest BCUT2D eigenvalue weighted by molar-refractivity contribution is 9.10. The molecule has 1 rings (SSSR count). The summed E-state index contributed by atoms with van der Waals surface area (Å²) in [6.45, 7) is 4.77. The molecule has 1 atom stereocenters. The van der Waals surface area contributed by atoms with Crippen LogP contribution in [0.4, 0.5) is 5.82 Å². The second-order valence-electron chi connectivity index (χ2n) is 3.92. The largest absolute Gasteiger partial charge is 0.393 e. The summed E-state index contributed by atoms with van der Waals surface area (Å²) in [5, 5.41) is 0. The molecule has 1 heterocycles. The summed E-state index contributed by atoms with van der Waals surface area (Å²) in [7, 11) is 1.99. The Bertz CT molecular complexity index is 395. The Hall–Kier alpha value is -0.680. The lowest BCUT2D eigenvalue weighted by atomic mass is 10.2. The maximum Gasteiger partial charge on any atom is 0.128 e. The molecule has 16 heavy (non-hydrogen) atoms. The van der Waals surface area contributed by atoms with Crippen LogP contribution in [0.5, 0.6) is 0 Å². The number of thiocarbonyl (C=S) groups is 1. The first-order valence-electron chi connectivity index (χ1n) is 5.05. The third-order valence-corrected chi connectivity index (χ3v) is 3.67. The van der Waals surface area contributed by atoms with Gasteiger partial charge in [0.15, 0.2) is 0 Å². The minimum Gasteiger partial charge on any atom is -0.393 e. The zero-order valence-electron chi connectivity index (χ0n) is 9.70. The molecule has 0 radical (unpaired) electrons. The van der Waals surface area contributed by atoms with Gasteiger partial charge in [-0.1, -0.05) is 19.1 Å². The van der Waals surface area contributed by atoms with Crippen LogP contribution in [0.15, 0.2) is 16.6 Å². The molecule has 0 bridgehead atoms. The highest BCUT2D eigenvalue weighted by Crippen LogP contribution is 2.18. The molecule has 0 fully saturated rings. The van der Waals surface area contributed by atoms with Crippen LogP contribution >= 0.6 is 28.1 Å². The van der Waals surface area contributed by atoms with Gasteiger partial charge in [0.05, 0.1) is 10.7 Å². The smallest absolute Gasteiger partial charge is 0.128 e. The molecule has 88 valence electrons. The lowest BCUT2D eigenvalue weighted by Gasteiger charge is -2.22. The molecule has 0 aliphatic carbocycles. The SMILES string of the molecule is Cc1nc(N(C)CC(C)C(N)=S)ccc1Br. The molecule has 0 saturated heterocycles. The Labute approximate surface area is 110 Å². The maximum atomic E-state index is 5.59.